The molecular weight excluding hydrogens is 937 g/mol. The van der Waals surface area contributed by atoms with E-state index in [4.69, 9.17) is 0 Å². The van der Waals surface area contributed by atoms with Gasteiger partial charge in [-0.15, -0.1) is 0 Å². The van der Waals surface area contributed by atoms with E-state index in [2.05, 4.69) is 27.7 Å². The summed E-state index contributed by atoms with van der Waals surface area (Å²) in [4.78, 5) is 14.8. The van der Waals surface area contributed by atoms with Gasteiger partial charge in [-0.25, -0.2) is 0 Å². The van der Waals surface area contributed by atoms with E-state index in [1.165, 1.54) is 257 Å². The molecule has 6 heteroatoms. The number of hydrogen-bond acceptors (Lipinski definition) is 6. The van der Waals surface area contributed by atoms with Crippen LogP contribution in [0, 0.1) is 0 Å². The van der Waals surface area contributed by atoms with E-state index in [1.54, 1.807) is 0 Å². The first-order valence-corrected chi connectivity index (χ1v) is 35.1. The first-order chi connectivity index (χ1) is 37.1. The van der Waals surface area contributed by atoms with Gasteiger partial charge in [-0.3, -0.25) is 4.79 Å². The number of carbonyl (C=O) groups is 1. The Morgan fingerprint density at radius 2 is 0.487 bits per heavy atom. The smallest absolute Gasteiger partial charge is 0.167 e. The SMILES string of the molecule is CCCCCCCCCCCCCCCCC(=O)[C@@](O)(CCCCCCCCCCCCCCCC)[C@](O)(CCCCCCCCCCCCCCCC)[C@](O)(CCCCCCCCCCCCCCCC)[C@H](O)CO. The van der Waals surface area contributed by atoms with Crippen LogP contribution >= 0.6 is 0 Å². The molecule has 0 aliphatic carbocycles. The monoisotopic (exact) mass is 1080 g/mol. The van der Waals surface area contributed by atoms with Crippen LogP contribution in [0.2, 0.25) is 0 Å². The molecule has 0 aromatic heterocycles. The average Bonchev–Trinajstić information content (AvgIpc) is 3.42. The van der Waals surface area contributed by atoms with Crippen molar-refractivity contribution in [1.29, 1.82) is 0 Å². The first-order valence-electron chi connectivity index (χ1n) is 35.1. The fourth-order valence-corrected chi connectivity index (χ4v) is 12.6. The van der Waals surface area contributed by atoms with Crippen molar-refractivity contribution in [2.75, 3.05) is 6.61 Å². The first kappa shape index (κ1) is 75.5. The summed E-state index contributed by atoms with van der Waals surface area (Å²) in [7, 11) is 0. The Labute approximate surface area is 476 Å². The third kappa shape index (κ3) is 39.8. The van der Waals surface area contributed by atoms with Crippen LogP contribution in [-0.4, -0.2) is 60.8 Å². The summed E-state index contributed by atoms with van der Waals surface area (Å²) < 4.78 is 0. The minimum absolute atomic E-state index is 0.0246. The highest BCUT2D eigenvalue weighted by Gasteiger charge is 2.65. The molecule has 0 aliphatic heterocycles. The molecule has 0 radical (unpaired) electrons. The third-order valence-electron chi connectivity index (χ3n) is 18.0. The van der Waals surface area contributed by atoms with Gasteiger partial charge in [0.15, 0.2) is 11.4 Å². The average molecular weight is 1080 g/mol. The number of ketones is 1. The molecule has 0 aromatic rings. The number of hydrogen-bond donors (Lipinski definition) is 5. The van der Waals surface area contributed by atoms with Gasteiger partial charge in [0.2, 0.25) is 0 Å². The van der Waals surface area contributed by atoms with Crippen LogP contribution in [-0.2, 0) is 4.79 Å². The van der Waals surface area contributed by atoms with E-state index in [0.29, 0.717) is 25.7 Å². The maximum absolute atomic E-state index is 14.8. The molecule has 0 spiro atoms. The Morgan fingerprint density at radius 3 is 0.724 bits per heavy atom. The van der Waals surface area contributed by atoms with Gasteiger partial charge in [-0.2, -0.15) is 0 Å². The molecule has 0 rings (SSSR count). The molecule has 0 amide bonds. The van der Waals surface area contributed by atoms with Crippen molar-refractivity contribution < 1.29 is 30.3 Å². The van der Waals surface area contributed by atoms with E-state index in [9.17, 15) is 30.3 Å². The Morgan fingerprint density at radius 1 is 0.289 bits per heavy atom. The van der Waals surface area contributed by atoms with Gasteiger partial charge in [0.05, 0.1) is 6.61 Å². The predicted molar refractivity (Wildman–Crippen MR) is 333 cm³/mol. The number of aliphatic hydroxyl groups excluding tert-OH is 2. The summed E-state index contributed by atoms with van der Waals surface area (Å²) in [5, 5.41) is 61.7. The number of carbonyl (C=O) groups excluding carboxylic acids is 1. The summed E-state index contributed by atoms with van der Waals surface area (Å²) >= 11 is 0. The summed E-state index contributed by atoms with van der Waals surface area (Å²) in [6.07, 6.45) is 65.5. The molecule has 0 heterocycles. The normalized spacial score (nSPS) is 14.8. The summed E-state index contributed by atoms with van der Waals surface area (Å²) in [6.45, 7) is 8.35. The van der Waals surface area contributed by atoms with Crippen molar-refractivity contribution in [2.45, 2.75) is 436 Å². The van der Waals surface area contributed by atoms with Crippen molar-refractivity contribution in [3.63, 3.8) is 0 Å². The number of rotatable bonds is 65. The van der Waals surface area contributed by atoms with Crippen LogP contribution < -0.4 is 0 Å². The second-order valence-corrected chi connectivity index (χ2v) is 25.2. The van der Waals surface area contributed by atoms with Crippen molar-refractivity contribution in [1.82, 2.24) is 0 Å². The largest absolute Gasteiger partial charge is 0.394 e. The molecule has 76 heavy (non-hydrogen) atoms. The zero-order valence-corrected chi connectivity index (χ0v) is 52.4. The Bertz CT molecular complexity index is 1160. The van der Waals surface area contributed by atoms with Gasteiger partial charge in [-0.1, -0.05) is 381 Å². The van der Waals surface area contributed by atoms with Gasteiger partial charge in [0.25, 0.3) is 0 Å². The van der Waals surface area contributed by atoms with E-state index < -0.39 is 35.3 Å². The van der Waals surface area contributed by atoms with Crippen molar-refractivity contribution in [3.05, 3.63) is 0 Å². The molecule has 4 atom stereocenters. The highest BCUT2D eigenvalue weighted by atomic mass is 16.4. The van der Waals surface area contributed by atoms with Crippen molar-refractivity contribution >= 4 is 5.78 Å². The van der Waals surface area contributed by atoms with Crippen LogP contribution in [0.5, 0.6) is 0 Å². The fraction of sp³-hybridized carbons (Fsp3) is 0.986. The van der Waals surface area contributed by atoms with Crippen LogP contribution in [0.1, 0.15) is 413 Å². The molecule has 0 unspecified atom stereocenters. The molecule has 0 saturated carbocycles. The number of unbranched alkanes of at least 4 members (excludes halogenated alkanes) is 52. The van der Waals surface area contributed by atoms with Crippen molar-refractivity contribution in [2.24, 2.45) is 0 Å². The minimum atomic E-state index is -2.29. The van der Waals surface area contributed by atoms with E-state index in [0.717, 1.165) is 77.0 Å². The Balaban J connectivity index is 5.93. The van der Waals surface area contributed by atoms with Crippen LogP contribution in [0.15, 0.2) is 0 Å². The quantitative estimate of drug-likeness (QED) is 0.0387. The lowest BCUT2D eigenvalue weighted by Crippen LogP contribution is -2.74. The summed E-state index contributed by atoms with van der Waals surface area (Å²) in [5.74, 6) is -0.390. The molecule has 456 valence electrons. The lowest BCUT2D eigenvalue weighted by Gasteiger charge is -2.54. The number of aliphatic hydroxyl groups is 5. The summed E-state index contributed by atoms with van der Waals surface area (Å²) in [5.41, 5.74) is -6.75. The molecule has 0 bridgehead atoms. The molecule has 0 aliphatic rings. The van der Waals surface area contributed by atoms with Gasteiger partial charge in [0, 0.05) is 6.42 Å². The number of Topliss-reactive ketones (excluding diaryl/α,β-unsaturated/α-hetero) is 1. The molecular formula is C70H140O6. The predicted octanol–water partition coefficient (Wildman–Crippen LogP) is 21.6. The third-order valence-corrected chi connectivity index (χ3v) is 18.0. The highest BCUT2D eigenvalue weighted by Crippen LogP contribution is 2.46. The van der Waals surface area contributed by atoms with E-state index in [-0.39, 0.29) is 25.7 Å². The highest BCUT2D eigenvalue weighted by molar-refractivity contribution is 5.89. The van der Waals surface area contributed by atoms with Crippen LogP contribution in [0.4, 0.5) is 0 Å². The van der Waals surface area contributed by atoms with Crippen molar-refractivity contribution in [3.8, 4) is 0 Å². The van der Waals surface area contributed by atoms with Gasteiger partial charge < -0.3 is 25.5 Å². The Hall–Kier alpha value is -0.530. The standard InChI is InChI=1S/C70H140O6/c1-5-9-13-17-21-25-29-33-37-41-45-49-53-57-61-66(72)68(74,62-58-54-50-46-42-38-34-30-26-22-18-14-10-6-2)70(76,64-60-56-52-48-44-40-36-32-28-24-20-16-12-8-4)69(75,67(73)65-71)63-59-55-51-47-43-39-35-31-27-23-19-15-11-7-3/h67,71,73-76H,5-65H2,1-4H3/t67-,68+,69+,70-/m1/s1. The maximum atomic E-state index is 14.8. The summed E-state index contributed by atoms with van der Waals surface area (Å²) in [6, 6.07) is 0. The van der Waals surface area contributed by atoms with Crippen LogP contribution in [0.3, 0.4) is 0 Å². The topological polar surface area (TPSA) is 118 Å². The van der Waals surface area contributed by atoms with Gasteiger partial charge in [0.1, 0.15) is 17.3 Å². The Kier molecular flexibility index (Phi) is 55.9. The van der Waals surface area contributed by atoms with E-state index >= 15 is 0 Å². The molecule has 5 N–H and O–H groups in total. The molecule has 0 fully saturated rings. The van der Waals surface area contributed by atoms with Gasteiger partial charge >= 0.3 is 0 Å². The lowest BCUT2D eigenvalue weighted by molar-refractivity contribution is -0.277. The zero-order valence-electron chi connectivity index (χ0n) is 52.4. The minimum Gasteiger partial charge on any atom is -0.394 e. The molecule has 0 aromatic carbocycles. The molecule has 0 saturated heterocycles. The van der Waals surface area contributed by atoms with E-state index in [1.807, 2.05) is 0 Å². The molecule has 6 nitrogen and oxygen atoms in total. The van der Waals surface area contributed by atoms with Crippen LogP contribution in [0.25, 0.3) is 0 Å². The van der Waals surface area contributed by atoms with Gasteiger partial charge in [-0.05, 0) is 25.7 Å². The second kappa shape index (κ2) is 56.3. The maximum Gasteiger partial charge on any atom is 0.167 e. The zero-order chi connectivity index (χ0) is 55.8. The fourth-order valence-electron chi connectivity index (χ4n) is 12.6. The second-order valence-electron chi connectivity index (χ2n) is 25.2. The lowest BCUT2D eigenvalue weighted by atomic mass is 9.60.